The molecule has 1 saturated heterocycles. The Labute approximate surface area is 168 Å². The van der Waals surface area contributed by atoms with Gasteiger partial charge in [0.05, 0.1) is 18.6 Å². The number of esters is 1. The predicted octanol–water partition coefficient (Wildman–Crippen LogP) is 3.85. The number of ether oxygens (including phenoxy) is 1. The molecule has 1 aliphatic heterocycles. The summed E-state index contributed by atoms with van der Waals surface area (Å²) in [4.78, 5) is 39.3. The first-order chi connectivity index (χ1) is 13.4. The lowest BCUT2D eigenvalue weighted by Crippen LogP contribution is -2.23. The van der Waals surface area contributed by atoms with Gasteiger partial charge in [-0.3, -0.25) is 9.59 Å². The first-order valence-electron chi connectivity index (χ1n) is 9.37. The van der Waals surface area contributed by atoms with Crippen LogP contribution < -0.4 is 10.2 Å². The average Bonchev–Trinajstić information content (AvgIpc) is 3.19. The second-order valence-electron chi connectivity index (χ2n) is 6.75. The van der Waals surface area contributed by atoms with E-state index in [1.165, 1.54) is 11.3 Å². The van der Waals surface area contributed by atoms with E-state index in [4.69, 9.17) is 4.74 Å². The fourth-order valence-electron chi connectivity index (χ4n) is 3.24. The maximum atomic E-state index is 12.5. The second-order valence-corrected chi connectivity index (χ2v) is 7.97. The van der Waals surface area contributed by atoms with Crippen LogP contribution in [0.4, 0.5) is 10.7 Å². The van der Waals surface area contributed by atoms with Crippen LogP contribution in [0.25, 0.3) is 0 Å². The summed E-state index contributed by atoms with van der Waals surface area (Å²) in [5, 5.41) is 3.38. The maximum absolute atomic E-state index is 12.5. The predicted molar refractivity (Wildman–Crippen MR) is 110 cm³/mol. The largest absolute Gasteiger partial charge is 0.462 e. The molecule has 2 heterocycles. The smallest absolute Gasteiger partial charge is 0.341 e. The number of hydrogen-bond acceptors (Lipinski definition) is 5. The summed E-state index contributed by atoms with van der Waals surface area (Å²) < 4.78 is 5.12. The molecule has 6 nitrogen and oxygen atoms in total. The average molecular weight is 401 g/mol. The van der Waals surface area contributed by atoms with Gasteiger partial charge in [-0.25, -0.2) is 4.79 Å². The summed E-state index contributed by atoms with van der Waals surface area (Å²) in [5.74, 6) is -0.475. The molecule has 3 rings (SSSR count). The van der Waals surface area contributed by atoms with Gasteiger partial charge >= 0.3 is 5.97 Å². The zero-order valence-corrected chi connectivity index (χ0v) is 17.1. The highest BCUT2D eigenvalue weighted by atomic mass is 32.1. The van der Waals surface area contributed by atoms with Gasteiger partial charge in [0.25, 0.3) is 0 Å². The lowest BCUT2D eigenvalue weighted by molar-refractivity contribution is -0.117. The number of carbonyl (C=O) groups is 3. The molecule has 1 aromatic carbocycles. The molecule has 0 unspecified atom stereocenters. The van der Waals surface area contributed by atoms with Gasteiger partial charge in [0.15, 0.2) is 0 Å². The number of carbonyl (C=O) groups excluding carboxylic acids is 3. The molecule has 0 aliphatic carbocycles. The van der Waals surface area contributed by atoms with Crippen molar-refractivity contribution in [1.29, 1.82) is 0 Å². The number of nitrogens with zero attached hydrogens (tertiary/aromatic N) is 1. The van der Waals surface area contributed by atoms with Gasteiger partial charge < -0.3 is 15.0 Å². The van der Waals surface area contributed by atoms with Crippen LogP contribution in [0.15, 0.2) is 24.3 Å². The minimum Gasteiger partial charge on any atom is -0.462 e. The lowest BCUT2D eigenvalue weighted by atomic mass is 10.1. The van der Waals surface area contributed by atoms with Crippen LogP contribution in [0.1, 0.15) is 46.1 Å². The molecule has 7 heteroatoms. The van der Waals surface area contributed by atoms with Crippen molar-refractivity contribution in [3.05, 3.63) is 45.8 Å². The molecule has 2 aromatic rings. The molecule has 1 aromatic heterocycles. The number of rotatable bonds is 6. The molecule has 28 heavy (non-hydrogen) atoms. The molecular weight excluding hydrogens is 376 g/mol. The van der Waals surface area contributed by atoms with Gasteiger partial charge in [-0.15, -0.1) is 11.3 Å². The summed E-state index contributed by atoms with van der Waals surface area (Å²) in [7, 11) is 0. The molecule has 1 aliphatic rings. The number of benzene rings is 1. The quantitative estimate of drug-likeness (QED) is 0.748. The number of nitrogens with one attached hydrogen (secondary N) is 1. The van der Waals surface area contributed by atoms with E-state index in [1.54, 1.807) is 11.8 Å². The zero-order valence-electron chi connectivity index (χ0n) is 16.3. The van der Waals surface area contributed by atoms with Crippen molar-refractivity contribution < 1.29 is 19.1 Å². The van der Waals surface area contributed by atoms with Crippen LogP contribution in [0, 0.1) is 13.8 Å². The number of anilines is 2. The summed E-state index contributed by atoms with van der Waals surface area (Å²) in [6.07, 6.45) is 1.66. The molecule has 0 atom stereocenters. The topological polar surface area (TPSA) is 75.7 Å². The highest BCUT2D eigenvalue weighted by Gasteiger charge is 2.23. The number of thiophene rings is 1. The van der Waals surface area contributed by atoms with Gasteiger partial charge in [0.2, 0.25) is 11.8 Å². The third kappa shape index (κ3) is 4.25. The van der Waals surface area contributed by atoms with Crippen LogP contribution in [0.5, 0.6) is 0 Å². The van der Waals surface area contributed by atoms with E-state index in [1.807, 2.05) is 38.1 Å². The van der Waals surface area contributed by atoms with E-state index < -0.39 is 5.97 Å². The van der Waals surface area contributed by atoms with Gasteiger partial charge in [-0.05, 0) is 50.5 Å². The molecule has 0 spiro atoms. The molecule has 0 radical (unpaired) electrons. The second kappa shape index (κ2) is 8.56. The fourth-order valence-corrected chi connectivity index (χ4v) is 4.30. The Morgan fingerprint density at radius 2 is 1.93 bits per heavy atom. The first kappa shape index (κ1) is 20.1. The minimum atomic E-state index is -0.417. The third-order valence-electron chi connectivity index (χ3n) is 4.80. The minimum absolute atomic E-state index is 0.139. The van der Waals surface area contributed by atoms with E-state index in [-0.39, 0.29) is 24.8 Å². The summed E-state index contributed by atoms with van der Waals surface area (Å²) >= 11 is 1.38. The van der Waals surface area contributed by atoms with Crippen LogP contribution in [0.2, 0.25) is 0 Å². The first-order valence-corrected chi connectivity index (χ1v) is 10.2. The third-order valence-corrected chi connectivity index (χ3v) is 5.93. The normalized spacial score (nSPS) is 13.7. The molecule has 0 saturated carbocycles. The van der Waals surface area contributed by atoms with Crippen molar-refractivity contribution in [3.8, 4) is 0 Å². The zero-order chi connectivity index (χ0) is 20.3. The van der Waals surface area contributed by atoms with Crippen LogP contribution in [-0.2, 0) is 20.7 Å². The summed E-state index contributed by atoms with van der Waals surface area (Å²) in [6.45, 7) is 6.55. The Hall–Kier alpha value is -2.67. The molecule has 2 amide bonds. The van der Waals surface area contributed by atoms with E-state index in [9.17, 15) is 14.4 Å². The van der Waals surface area contributed by atoms with Gasteiger partial charge in [0, 0.05) is 23.5 Å². The molecule has 1 N–H and O–H groups in total. The van der Waals surface area contributed by atoms with Crippen molar-refractivity contribution in [2.45, 2.75) is 40.0 Å². The van der Waals surface area contributed by atoms with E-state index >= 15 is 0 Å². The van der Waals surface area contributed by atoms with Crippen LogP contribution in [-0.4, -0.2) is 30.9 Å². The molecule has 148 valence electrons. The lowest BCUT2D eigenvalue weighted by Gasteiger charge is -2.15. The molecule has 1 fully saturated rings. The summed E-state index contributed by atoms with van der Waals surface area (Å²) in [5.41, 5.74) is 2.97. The van der Waals surface area contributed by atoms with Gasteiger partial charge in [0.1, 0.15) is 5.00 Å². The Bertz CT molecular complexity index is 902. The Balaban J connectivity index is 1.68. The van der Waals surface area contributed by atoms with E-state index in [2.05, 4.69) is 5.32 Å². The van der Waals surface area contributed by atoms with Gasteiger partial charge in [-0.1, -0.05) is 12.1 Å². The van der Waals surface area contributed by atoms with Crippen molar-refractivity contribution >= 4 is 39.8 Å². The number of aryl methyl sites for hydroxylation is 1. The fraction of sp³-hybridized carbons (Fsp3) is 0.381. The van der Waals surface area contributed by atoms with E-state index in [0.717, 1.165) is 34.7 Å². The Kier molecular flexibility index (Phi) is 6.14. The Morgan fingerprint density at radius 1 is 1.21 bits per heavy atom. The standard InChI is InChI=1S/C21H24N2O4S/c1-4-27-21(26)19-13(2)14(3)28-20(19)22-17(24)12-15-7-9-16(10-8-15)23-11-5-6-18(23)25/h7-10H,4-6,11-12H2,1-3H3,(H,22,24). The van der Waals surface area contributed by atoms with E-state index in [0.29, 0.717) is 17.0 Å². The summed E-state index contributed by atoms with van der Waals surface area (Å²) in [6, 6.07) is 7.46. The van der Waals surface area contributed by atoms with Crippen molar-refractivity contribution in [2.75, 3.05) is 23.4 Å². The van der Waals surface area contributed by atoms with Crippen LogP contribution in [0.3, 0.4) is 0 Å². The molecular formula is C21H24N2O4S. The Morgan fingerprint density at radius 3 is 2.54 bits per heavy atom. The molecule has 0 bridgehead atoms. The van der Waals surface area contributed by atoms with Crippen LogP contribution >= 0.6 is 11.3 Å². The number of hydrogen-bond donors (Lipinski definition) is 1. The van der Waals surface area contributed by atoms with Crippen molar-refractivity contribution in [2.24, 2.45) is 0 Å². The van der Waals surface area contributed by atoms with Crippen molar-refractivity contribution in [3.63, 3.8) is 0 Å². The maximum Gasteiger partial charge on any atom is 0.341 e. The van der Waals surface area contributed by atoms with Crippen molar-refractivity contribution in [1.82, 2.24) is 0 Å². The van der Waals surface area contributed by atoms with Gasteiger partial charge in [-0.2, -0.15) is 0 Å². The monoisotopic (exact) mass is 400 g/mol. The number of amides is 2. The SMILES string of the molecule is CCOC(=O)c1c(NC(=O)Cc2ccc(N3CCCC3=O)cc2)sc(C)c1C. The highest BCUT2D eigenvalue weighted by Crippen LogP contribution is 2.33. The highest BCUT2D eigenvalue weighted by molar-refractivity contribution is 7.16.